The van der Waals surface area contributed by atoms with Crippen LogP contribution in [0.15, 0.2) is 42.5 Å². The number of halogens is 1. The second kappa shape index (κ2) is 4.95. The van der Waals surface area contributed by atoms with Gasteiger partial charge >= 0.3 is 0 Å². The first-order chi connectivity index (χ1) is 9.29. The van der Waals surface area contributed by atoms with Gasteiger partial charge in [-0.3, -0.25) is 0 Å². The van der Waals surface area contributed by atoms with Crippen molar-refractivity contribution in [3.63, 3.8) is 0 Å². The van der Waals surface area contributed by atoms with E-state index in [0.29, 0.717) is 16.6 Å². The smallest absolute Gasteiger partial charge is 0.188 e. The van der Waals surface area contributed by atoms with Crippen molar-refractivity contribution in [3.8, 4) is 0 Å². The Kier molecular flexibility index (Phi) is 3.15. The zero-order valence-corrected chi connectivity index (χ0v) is 10.9. The first-order valence-corrected chi connectivity index (χ1v) is 6.13. The fraction of sp³-hybridized carbons (Fsp3) is 0.154. The molecule has 5 nitrogen and oxygen atoms in total. The Labute approximate surface area is 114 Å². The van der Waals surface area contributed by atoms with Gasteiger partial charge in [-0.25, -0.2) is 0 Å². The zero-order chi connectivity index (χ0) is 13.2. The summed E-state index contributed by atoms with van der Waals surface area (Å²) in [6.45, 7) is 0. The highest BCUT2D eigenvalue weighted by Gasteiger charge is 2.20. The number of fused-ring (bicyclic) bond motifs is 1. The molecule has 0 aliphatic carbocycles. The van der Waals surface area contributed by atoms with Crippen LogP contribution in [0.25, 0.3) is 5.65 Å². The standard InChI is InChI=1S/C13H11ClN4O/c1-19-12(9-5-3-2-4-6-9)13-16-15-11-8-7-10(14)17-18(11)13/h2-8,12H,1H3. The summed E-state index contributed by atoms with van der Waals surface area (Å²) >= 11 is 5.91. The van der Waals surface area contributed by atoms with Gasteiger partial charge in [0.25, 0.3) is 0 Å². The highest BCUT2D eigenvalue weighted by molar-refractivity contribution is 6.29. The molecule has 6 heteroatoms. The summed E-state index contributed by atoms with van der Waals surface area (Å²) in [4.78, 5) is 0. The van der Waals surface area contributed by atoms with Crippen LogP contribution < -0.4 is 0 Å². The molecule has 2 aromatic heterocycles. The van der Waals surface area contributed by atoms with Crippen molar-refractivity contribution in [2.75, 3.05) is 7.11 Å². The molecule has 0 aliphatic heterocycles. The molecule has 0 amide bonds. The number of aromatic nitrogens is 4. The van der Waals surface area contributed by atoms with Gasteiger partial charge in [-0.15, -0.1) is 10.2 Å². The summed E-state index contributed by atoms with van der Waals surface area (Å²) in [6, 6.07) is 13.2. The zero-order valence-electron chi connectivity index (χ0n) is 10.2. The van der Waals surface area contributed by atoms with E-state index in [1.807, 2.05) is 30.3 Å². The van der Waals surface area contributed by atoms with Gasteiger partial charge in [-0.05, 0) is 17.7 Å². The van der Waals surface area contributed by atoms with E-state index in [2.05, 4.69) is 15.3 Å². The number of nitrogens with zero attached hydrogens (tertiary/aromatic N) is 4. The average Bonchev–Trinajstić information content (AvgIpc) is 2.84. The third-order valence-electron chi connectivity index (χ3n) is 2.83. The fourth-order valence-corrected chi connectivity index (χ4v) is 2.10. The van der Waals surface area contributed by atoms with Gasteiger partial charge in [-0.1, -0.05) is 41.9 Å². The molecule has 0 bridgehead atoms. The van der Waals surface area contributed by atoms with Gasteiger partial charge in [0.2, 0.25) is 0 Å². The highest BCUT2D eigenvalue weighted by atomic mass is 35.5. The number of methoxy groups -OCH3 is 1. The van der Waals surface area contributed by atoms with E-state index in [1.165, 1.54) is 0 Å². The normalized spacial score (nSPS) is 12.7. The molecule has 0 N–H and O–H groups in total. The molecule has 3 rings (SSSR count). The molecule has 1 aromatic carbocycles. The summed E-state index contributed by atoms with van der Waals surface area (Å²) < 4.78 is 7.12. The van der Waals surface area contributed by atoms with Crippen LogP contribution in [0.3, 0.4) is 0 Å². The number of hydrogen-bond donors (Lipinski definition) is 0. The topological polar surface area (TPSA) is 52.3 Å². The van der Waals surface area contributed by atoms with Crippen LogP contribution in [0.2, 0.25) is 5.15 Å². The Morgan fingerprint density at radius 1 is 1.11 bits per heavy atom. The molecule has 96 valence electrons. The van der Waals surface area contributed by atoms with Gasteiger partial charge in [0, 0.05) is 7.11 Å². The van der Waals surface area contributed by atoms with Crippen LogP contribution in [-0.2, 0) is 4.74 Å². The molecule has 0 spiro atoms. The Morgan fingerprint density at radius 3 is 2.63 bits per heavy atom. The lowest BCUT2D eigenvalue weighted by Crippen LogP contribution is -2.09. The monoisotopic (exact) mass is 274 g/mol. The van der Waals surface area contributed by atoms with Crippen molar-refractivity contribution in [2.45, 2.75) is 6.10 Å². The van der Waals surface area contributed by atoms with Gasteiger partial charge < -0.3 is 4.74 Å². The number of benzene rings is 1. The quantitative estimate of drug-likeness (QED) is 0.736. The maximum Gasteiger partial charge on any atom is 0.188 e. The van der Waals surface area contributed by atoms with Gasteiger partial charge in [-0.2, -0.15) is 9.61 Å². The Balaban J connectivity index is 2.14. The molecular formula is C13H11ClN4O. The van der Waals surface area contributed by atoms with Crippen LogP contribution in [-0.4, -0.2) is 26.9 Å². The average molecular weight is 275 g/mol. The lowest BCUT2D eigenvalue weighted by Gasteiger charge is -2.13. The second-order valence-electron chi connectivity index (χ2n) is 4.01. The summed E-state index contributed by atoms with van der Waals surface area (Å²) in [6.07, 6.45) is -0.331. The van der Waals surface area contributed by atoms with Crippen LogP contribution in [0.1, 0.15) is 17.5 Å². The van der Waals surface area contributed by atoms with E-state index in [0.717, 1.165) is 5.56 Å². The van der Waals surface area contributed by atoms with Crippen molar-refractivity contribution in [1.82, 2.24) is 19.8 Å². The van der Waals surface area contributed by atoms with Crippen LogP contribution in [0.4, 0.5) is 0 Å². The third kappa shape index (κ3) is 2.18. The predicted molar refractivity (Wildman–Crippen MR) is 71.1 cm³/mol. The van der Waals surface area contributed by atoms with Crippen molar-refractivity contribution < 1.29 is 4.74 Å². The Hall–Kier alpha value is -1.98. The molecule has 0 saturated carbocycles. The van der Waals surface area contributed by atoms with E-state index in [1.54, 1.807) is 23.8 Å². The van der Waals surface area contributed by atoms with Crippen LogP contribution in [0, 0.1) is 0 Å². The molecule has 1 unspecified atom stereocenters. The minimum absolute atomic E-state index is 0.331. The highest BCUT2D eigenvalue weighted by Crippen LogP contribution is 2.23. The van der Waals surface area contributed by atoms with E-state index in [-0.39, 0.29) is 6.10 Å². The maximum absolute atomic E-state index is 5.91. The van der Waals surface area contributed by atoms with Gasteiger partial charge in [0.05, 0.1) is 0 Å². The first-order valence-electron chi connectivity index (χ1n) is 5.75. The van der Waals surface area contributed by atoms with Gasteiger partial charge in [0.15, 0.2) is 11.5 Å². The predicted octanol–water partition coefficient (Wildman–Crippen LogP) is 2.51. The third-order valence-corrected chi connectivity index (χ3v) is 3.03. The van der Waals surface area contributed by atoms with Gasteiger partial charge in [0.1, 0.15) is 11.3 Å². The Bertz CT molecular complexity index is 698. The van der Waals surface area contributed by atoms with Crippen LogP contribution >= 0.6 is 11.6 Å². The van der Waals surface area contributed by atoms with E-state index in [4.69, 9.17) is 16.3 Å². The summed E-state index contributed by atoms with van der Waals surface area (Å²) in [5, 5.41) is 12.8. The fourth-order valence-electron chi connectivity index (χ4n) is 1.96. The maximum atomic E-state index is 5.91. The lowest BCUT2D eigenvalue weighted by molar-refractivity contribution is 0.127. The van der Waals surface area contributed by atoms with E-state index in [9.17, 15) is 0 Å². The molecular weight excluding hydrogens is 264 g/mol. The summed E-state index contributed by atoms with van der Waals surface area (Å²) in [5.74, 6) is 0.603. The number of ether oxygens (including phenoxy) is 1. The minimum Gasteiger partial charge on any atom is -0.369 e. The van der Waals surface area contributed by atoms with Crippen molar-refractivity contribution in [3.05, 3.63) is 59.0 Å². The molecule has 0 radical (unpaired) electrons. The molecule has 19 heavy (non-hydrogen) atoms. The second-order valence-corrected chi connectivity index (χ2v) is 4.40. The lowest BCUT2D eigenvalue weighted by atomic mass is 10.1. The number of hydrogen-bond acceptors (Lipinski definition) is 4. The van der Waals surface area contributed by atoms with E-state index >= 15 is 0 Å². The summed E-state index contributed by atoms with van der Waals surface area (Å²) in [5.41, 5.74) is 1.62. The molecule has 3 aromatic rings. The Morgan fingerprint density at radius 2 is 1.89 bits per heavy atom. The molecule has 0 aliphatic rings. The van der Waals surface area contributed by atoms with E-state index < -0.39 is 0 Å². The molecule has 1 atom stereocenters. The SMILES string of the molecule is COC(c1ccccc1)c1nnc2ccc(Cl)nn12. The largest absolute Gasteiger partial charge is 0.369 e. The molecule has 2 heterocycles. The minimum atomic E-state index is -0.331. The number of rotatable bonds is 3. The van der Waals surface area contributed by atoms with Crippen LogP contribution in [0.5, 0.6) is 0 Å². The van der Waals surface area contributed by atoms with Crippen molar-refractivity contribution >= 4 is 17.2 Å². The molecule has 0 fully saturated rings. The van der Waals surface area contributed by atoms with Crippen molar-refractivity contribution in [2.24, 2.45) is 0 Å². The molecule has 0 saturated heterocycles. The summed E-state index contributed by atoms with van der Waals surface area (Å²) in [7, 11) is 1.63. The first kappa shape index (κ1) is 12.1. The van der Waals surface area contributed by atoms with Crippen molar-refractivity contribution in [1.29, 1.82) is 0 Å².